The zero-order valence-electron chi connectivity index (χ0n) is 17.1. The molecule has 0 spiro atoms. The number of pyridine rings is 1. The Hall–Kier alpha value is -2.69. The second kappa shape index (κ2) is 6.68. The zero-order valence-corrected chi connectivity index (χ0v) is 17.1. The van der Waals surface area contributed by atoms with Crippen LogP contribution in [0.5, 0.6) is 0 Å². The van der Waals surface area contributed by atoms with Crippen LogP contribution in [0.3, 0.4) is 0 Å². The summed E-state index contributed by atoms with van der Waals surface area (Å²) in [6.45, 7) is 6.39. The monoisotopic (exact) mass is 385 g/mol. The molecule has 0 aliphatic carbocycles. The molecule has 2 aromatic carbocycles. The van der Waals surface area contributed by atoms with Crippen LogP contribution < -0.4 is 9.80 Å². The van der Waals surface area contributed by atoms with Crippen LogP contribution in [0.4, 0.5) is 11.6 Å². The summed E-state index contributed by atoms with van der Waals surface area (Å²) in [6, 6.07) is 8.81. The van der Waals surface area contributed by atoms with Gasteiger partial charge in [-0.2, -0.15) is 0 Å². The molecule has 0 bridgehead atoms. The molecule has 2 fully saturated rings. The van der Waals surface area contributed by atoms with Gasteiger partial charge < -0.3 is 9.80 Å². The van der Waals surface area contributed by atoms with Gasteiger partial charge in [0.1, 0.15) is 17.5 Å². The molecule has 148 valence electrons. The van der Waals surface area contributed by atoms with Crippen LogP contribution in [0.15, 0.2) is 24.3 Å². The zero-order chi connectivity index (χ0) is 19.4. The first-order valence-corrected chi connectivity index (χ1v) is 11.1. The lowest BCUT2D eigenvalue weighted by molar-refractivity contribution is 0.567. The van der Waals surface area contributed by atoms with Gasteiger partial charge in [0.25, 0.3) is 0 Å². The van der Waals surface area contributed by atoms with Crippen LogP contribution >= 0.6 is 0 Å². The summed E-state index contributed by atoms with van der Waals surface area (Å²) >= 11 is 0. The van der Waals surface area contributed by atoms with Gasteiger partial charge in [-0.05, 0) is 69.7 Å². The van der Waals surface area contributed by atoms with Crippen molar-refractivity contribution in [2.75, 3.05) is 36.0 Å². The van der Waals surface area contributed by atoms with Crippen molar-refractivity contribution in [1.82, 2.24) is 15.0 Å². The molecule has 29 heavy (non-hydrogen) atoms. The van der Waals surface area contributed by atoms with Crippen LogP contribution in [0.25, 0.3) is 32.6 Å². The maximum Gasteiger partial charge on any atom is 0.138 e. The van der Waals surface area contributed by atoms with Gasteiger partial charge in [0.15, 0.2) is 0 Å². The molecule has 4 heterocycles. The Bertz CT molecular complexity index is 1100. The number of hydrogen-bond acceptors (Lipinski definition) is 5. The smallest absolute Gasteiger partial charge is 0.138 e. The van der Waals surface area contributed by atoms with Crippen molar-refractivity contribution >= 4 is 44.2 Å². The minimum atomic E-state index is 0.835. The van der Waals surface area contributed by atoms with E-state index in [4.69, 9.17) is 15.0 Å². The molecule has 0 saturated carbocycles. The second-order valence-electron chi connectivity index (χ2n) is 8.64. The lowest BCUT2D eigenvalue weighted by atomic mass is 9.98. The Kier molecular flexibility index (Phi) is 3.96. The second-order valence-corrected chi connectivity index (χ2v) is 8.64. The Morgan fingerprint density at radius 1 is 0.586 bits per heavy atom. The molecule has 4 aromatic rings. The van der Waals surface area contributed by atoms with Crippen molar-refractivity contribution in [3.8, 4) is 0 Å². The highest BCUT2D eigenvalue weighted by Gasteiger charge is 2.24. The number of aryl methyl sites for hydroxylation is 1. The average molecular weight is 386 g/mol. The summed E-state index contributed by atoms with van der Waals surface area (Å²) < 4.78 is 0. The van der Waals surface area contributed by atoms with Crippen molar-refractivity contribution in [2.45, 2.75) is 45.4 Å². The SMILES string of the molecule is Cc1nc2ccc3c(N4CCCCC4)nc(N4CCCCC4)c4ccc(n1)c2c34. The maximum absolute atomic E-state index is 5.33. The minimum absolute atomic E-state index is 0.835. The fraction of sp³-hybridized carbons (Fsp3) is 0.458. The lowest BCUT2D eigenvalue weighted by Gasteiger charge is -2.33. The quantitative estimate of drug-likeness (QED) is 0.451. The molecule has 2 aliphatic heterocycles. The third kappa shape index (κ3) is 2.70. The Labute approximate surface area is 171 Å². The lowest BCUT2D eigenvalue weighted by Crippen LogP contribution is -2.33. The van der Waals surface area contributed by atoms with Crippen LogP contribution in [0, 0.1) is 6.92 Å². The Balaban J connectivity index is 1.69. The van der Waals surface area contributed by atoms with Gasteiger partial charge in [-0.25, -0.2) is 15.0 Å². The number of hydrogen-bond donors (Lipinski definition) is 0. The number of benzene rings is 2. The summed E-state index contributed by atoms with van der Waals surface area (Å²) in [4.78, 5) is 19.9. The van der Waals surface area contributed by atoms with E-state index < -0.39 is 0 Å². The van der Waals surface area contributed by atoms with Crippen LogP contribution in [-0.2, 0) is 0 Å². The molecule has 2 aromatic heterocycles. The summed E-state index contributed by atoms with van der Waals surface area (Å²) in [6.07, 6.45) is 7.68. The first-order valence-electron chi connectivity index (χ1n) is 11.1. The summed E-state index contributed by atoms with van der Waals surface area (Å²) in [7, 11) is 0. The molecule has 0 N–H and O–H groups in total. The molecule has 0 atom stereocenters. The van der Waals surface area contributed by atoms with E-state index >= 15 is 0 Å². The van der Waals surface area contributed by atoms with E-state index in [-0.39, 0.29) is 0 Å². The molecule has 5 nitrogen and oxygen atoms in total. The van der Waals surface area contributed by atoms with Crippen LogP contribution in [0.2, 0.25) is 0 Å². The fourth-order valence-corrected chi connectivity index (χ4v) is 5.31. The van der Waals surface area contributed by atoms with Gasteiger partial charge in [0, 0.05) is 47.7 Å². The molecule has 6 rings (SSSR count). The standard InChI is InChI=1S/C24H27N5/c1-16-25-19-10-8-17-21-18(9-11-20(26-16)22(19)21)24(29-14-6-3-7-15-29)27-23(17)28-12-4-2-5-13-28/h8-11H,2-7,12-15H2,1H3. The predicted octanol–water partition coefficient (Wildman–Crippen LogP) is 5.06. The van der Waals surface area contributed by atoms with Crippen LogP contribution in [-0.4, -0.2) is 41.1 Å². The first-order chi connectivity index (χ1) is 14.3. The van der Waals surface area contributed by atoms with Crippen molar-refractivity contribution in [3.05, 3.63) is 30.1 Å². The highest BCUT2D eigenvalue weighted by atomic mass is 15.2. The van der Waals surface area contributed by atoms with Crippen molar-refractivity contribution in [3.63, 3.8) is 0 Å². The van der Waals surface area contributed by atoms with Gasteiger partial charge in [-0.1, -0.05) is 0 Å². The van der Waals surface area contributed by atoms with Crippen molar-refractivity contribution < 1.29 is 0 Å². The number of nitrogens with zero attached hydrogens (tertiary/aromatic N) is 5. The van der Waals surface area contributed by atoms with E-state index in [1.165, 1.54) is 60.1 Å². The normalized spacial score (nSPS) is 18.4. The van der Waals surface area contributed by atoms with Crippen molar-refractivity contribution in [2.24, 2.45) is 0 Å². The van der Waals surface area contributed by atoms with Crippen LogP contribution in [0.1, 0.15) is 44.3 Å². The maximum atomic E-state index is 5.33. The average Bonchev–Trinajstić information content (AvgIpc) is 2.78. The number of aromatic nitrogens is 3. The number of rotatable bonds is 2. The number of anilines is 2. The highest BCUT2D eigenvalue weighted by molar-refractivity contribution is 6.25. The molecule has 0 radical (unpaired) electrons. The van der Waals surface area contributed by atoms with E-state index in [0.717, 1.165) is 54.7 Å². The van der Waals surface area contributed by atoms with E-state index in [9.17, 15) is 0 Å². The molecule has 0 amide bonds. The summed E-state index contributed by atoms with van der Waals surface area (Å²) in [5, 5.41) is 5.02. The third-order valence-electron chi connectivity index (χ3n) is 6.69. The predicted molar refractivity (Wildman–Crippen MR) is 120 cm³/mol. The molecule has 2 aliphatic rings. The summed E-state index contributed by atoms with van der Waals surface area (Å²) in [5.41, 5.74) is 2.09. The van der Waals surface area contributed by atoms with Crippen molar-refractivity contribution in [1.29, 1.82) is 0 Å². The minimum Gasteiger partial charge on any atom is -0.356 e. The van der Waals surface area contributed by atoms with Gasteiger partial charge >= 0.3 is 0 Å². The highest BCUT2D eigenvalue weighted by Crippen LogP contribution is 2.41. The van der Waals surface area contributed by atoms with Gasteiger partial charge in [0.2, 0.25) is 0 Å². The molecular formula is C24H27N5. The van der Waals surface area contributed by atoms with E-state index in [1.807, 2.05) is 6.92 Å². The largest absolute Gasteiger partial charge is 0.356 e. The van der Waals surface area contributed by atoms with E-state index in [0.29, 0.717) is 0 Å². The van der Waals surface area contributed by atoms with Gasteiger partial charge in [0.05, 0.1) is 11.0 Å². The van der Waals surface area contributed by atoms with E-state index in [1.54, 1.807) is 0 Å². The third-order valence-corrected chi connectivity index (χ3v) is 6.69. The molecule has 5 heteroatoms. The molecule has 2 saturated heterocycles. The molecular weight excluding hydrogens is 358 g/mol. The first kappa shape index (κ1) is 17.2. The summed E-state index contributed by atoms with van der Waals surface area (Å²) in [5.74, 6) is 3.15. The topological polar surface area (TPSA) is 45.2 Å². The fourth-order valence-electron chi connectivity index (χ4n) is 5.31. The number of piperidine rings is 2. The van der Waals surface area contributed by atoms with E-state index in [2.05, 4.69) is 34.1 Å². The Morgan fingerprint density at radius 3 is 1.55 bits per heavy atom. The Morgan fingerprint density at radius 2 is 1.07 bits per heavy atom. The molecule has 0 unspecified atom stereocenters. The van der Waals surface area contributed by atoms with Gasteiger partial charge in [-0.15, -0.1) is 0 Å². The van der Waals surface area contributed by atoms with Gasteiger partial charge in [-0.3, -0.25) is 0 Å².